The molecule has 6 N–H and O–H groups in total. The molecule has 0 aromatic carbocycles. The van der Waals surface area contributed by atoms with Crippen molar-refractivity contribution in [1.29, 1.82) is 0 Å². The fourth-order valence-corrected chi connectivity index (χ4v) is 0.404. The lowest BCUT2D eigenvalue weighted by atomic mass is 10.4. The molecule has 3 heteroatoms. The normalized spacial score (nSPS) is 8.25. The Morgan fingerprint density at radius 2 is 2.12 bits per heavy atom. The van der Waals surface area contributed by atoms with E-state index in [1.807, 2.05) is 0 Å². The first-order chi connectivity index (χ1) is 3.41. The van der Waals surface area contributed by atoms with Gasteiger partial charge in [0.25, 0.3) is 0 Å². The molecule has 0 unspecified atom stereocenters. The smallest absolute Gasteiger partial charge is 0.00370 e. The van der Waals surface area contributed by atoms with E-state index in [9.17, 15) is 0 Å². The van der Waals surface area contributed by atoms with Gasteiger partial charge in [0.05, 0.1) is 0 Å². The maximum Gasteiger partial charge on any atom is -0.00370 e. The van der Waals surface area contributed by atoms with E-state index >= 15 is 0 Å². The maximum atomic E-state index is 5.23. The van der Waals surface area contributed by atoms with Gasteiger partial charge in [-0.25, -0.2) is 0 Å². The molecular formula is C5H17N3. The summed E-state index contributed by atoms with van der Waals surface area (Å²) >= 11 is 0. The van der Waals surface area contributed by atoms with Crippen LogP contribution in [0.4, 0.5) is 0 Å². The fourth-order valence-electron chi connectivity index (χ4n) is 0.404. The number of hydrogen-bond acceptors (Lipinski definition) is 3. The lowest BCUT2D eigenvalue weighted by Crippen LogP contribution is -2.17. The predicted molar refractivity (Wildman–Crippen MR) is 37.2 cm³/mol. The Kier molecular flexibility index (Phi) is 13.5. The zero-order chi connectivity index (χ0) is 5.54. The monoisotopic (exact) mass is 119 g/mol. The van der Waals surface area contributed by atoms with Gasteiger partial charge in [0, 0.05) is 0 Å². The molecule has 0 heterocycles. The molecule has 0 aliphatic heterocycles. The van der Waals surface area contributed by atoms with Crippen LogP contribution in [0.3, 0.4) is 0 Å². The maximum absolute atomic E-state index is 5.23. The van der Waals surface area contributed by atoms with Crippen LogP contribution in [0.15, 0.2) is 0 Å². The third-order valence-electron chi connectivity index (χ3n) is 0.808. The summed E-state index contributed by atoms with van der Waals surface area (Å²) in [6, 6.07) is 0. The van der Waals surface area contributed by atoms with E-state index < -0.39 is 0 Å². The highest BCUT2D eigenvalue weighted by Gasteiger charge is 1.77. The summed E-state index contributed by atoms with van der Waals surface area (Å²) in [6.07, 6.45) is 1.09. The molecule has 52 valence electrons. The van der Waals surface area contributed by atoms with Crippen LogP contribution < -0.4 is 17.2 Å². The van der Waals surface area contributed by atoms with Gasteiger partial charge >= 0.3 is 0 Å². The van der Waals surface area contributed by atoms with Gasteiger partial charge in [-0.3, -0.25) is 0 Å². The van der Waals surface area contributed by atoms with Gasteiger partial charge in [0.15, 0.2) is 0 Å². The first kappa shape index (κ1) is 10.8. The molecule has 0 saturated heterocycles. The first-order valence-electron chi connectivity index (χ1n) is 2.82. The molecule has 0 spiro atoms. The van der Waals surface area contributed by atoms with Gasteiger partial charge in [0.2, 0.25) is 0 Å². The van der Waals surface area contributed by atoms with Crippen molar-refractivity contribution < 1.29 is 0 Å². The summed E-state index contributed by atoms with van der Waals surface area (Å²) in [5, 5.41) is 3.17. The highest BCUT2D eigenvalue weighted by molar-refractivity contribution is 4.42. The topological polar surface area (TPSA) is 73.0 Å². The molecule has 0 aromatic rings. The molecule has 0 atom stereocenters. The van der Waals surface area contributed by atoms with E-state index in [1.165, 1.54) is 0 Å². The van der Waals surface area contributed by atoms with Crippen molar-refractivity contribution in [3.63, 3.8) is 0 Å². The second-order valence-electron chi connectivity index (χ2n) is 1.50. The molecule has 0 aromatic heterocycles. The van der Waals surface area contributed by atoms with E-state index in [0.717, 1.165) is 26.1 Å². The van der Waals surface area contributed by atoms with Crippen LogP contribution in [0.5, 0.6) is 0 Å². The molecule has 8 heavy (non-hydrogen) atoms. The molecule has 0 aliphatic carbocycles. The van der Waals surface area contributed by atoms with Crippen molar-refractivity contribution in [2.24, 2.45) is 5.73 Å². The fraction of sp³-hybridized carbons (Fsp3) is 1.00. The van der Waals surface area contributed by atoms with E-state index in [1.54, 1.807) is 0 Å². The second kappa shape index (κ2) is 9.99. The van der Waals surface area contributed by atoms with Crippen LogP contribution >= 0.6 is 0 Å². The van der Waals surface area contributed by atoms with Crippen molar-refractivity contribution in [1.82, 2.24) is 11.5 Å². The average Bonchev–Trinajstić information content (AvgIpc) is 1.69. The lowest BCUT2D eigenvalue weighted by Gasteiger charge is -1.95. The van der Waals surface area contributed by atoms with Crippen LogP contribution in [0.2, 0.25) is 0 Å². The quantitative estimate of drug-likeness (QED) is 0.460. The number of nitrogens with one attached hydrogen (secondary N) is 1. The summed E-state index contributed by atoms with van der Waals surface area (Å²) in [5.41, 5.74) is 5.23. The predicted octanol–water partition coefficient (Wildman–Crippen LogP) is 0.107. The number of nitrogens with two attached hydrogens (primary N) is 1. The third kappa shape index (κ3) is 9.30. The Hall–Kier alpha value is -0.120. The molecule has 3 nitrogen and oxygen atoms in total. The zero-order valence-electron chi connectivity index (χ0n) is 5.61. The van der Waals surface area contributed by atoms with Crippen LogP contribution in [-0.4, -0.2) is 19.6 Å². The highest BCUT2D eigenvalue weighted by Crippen LogP contribution is 1.66. The standard InChI is InChI=1S/C5H14N2.H3N/c1-2-7-5-3-4-6;/h7H,2-6H2,1H3;1H3. The van der Waals surface area contributed by atoms with E-state index in [0.29, 0.717) is 0 Å². The summed E-state index contributed by atoms with van der Waals surface area (Å²) in [7, 11) is 0. The summed E-state index contributed by atoms with van der Waals surface area (Å²) in [4.78, 5) is 0. The Balaban J connectivity index is 0. The van der Waals surface area contributed by atoms with E-state index in [-0.39, 0.29) is 6.15 Å². The minimum atomic E-state index is 0. The third-order valence-corrected chi connectivity index (χ3v) is 0.808. The molecule has 0 bridgehead atoms. The van der Waals surface area contributed by atoms with Crippen molar-refractivity contribution in [2.75, 3.05) is 19.6 Å². The van der Waals surface area contributed by atoms with Gasteiger partial charge < -0.3 is 17.2 Å². The van der Waals surface area contributed by atoms with Gasteiger partial charge in [-0.2, -0.15) is 0 Å². The van der Waals surface area contributed by atoms with Gasteiger partial charge in [-0.15, -0.1) is 0 Å². The van der Waals surface area contributed by atoms with Crippen molar-refractivity contribution >= 4 is 0 Å². The Morgan fingerprint density at radius 3 is 2.50 bits per heavy atom. The zero-order valence-corrected chi connectivity index (χ0v) is 5.61. The Morgan fingerprint density at radius 1 is 1.50 bits per heavy atom. The minimum absolute atomic E-state index is 0. The largest absolute Gasteiger partial charge is 0.344 e. The van der Waals surface area contributed by atoms with Crippen molar-refractivity contribution in [3.05, 3.63) is 0 Å². The second-order valence-corrected chi connectivity index (χ2v) is 1.50. The highest BCUT2D eigenvalue weighted by atomic mass is 14.8. The molecule has 0 radical (unpaired) electrons. The van der Waals surface area contributed by atoms with E-state index in [4.69, 9.17) is 5.73 Å². The molecule has 0 fully saturated rings. The van der Waals surface area contributed by atoms with Gasteiger partial charge in [-0.05, 0) is 26.1 Å². The first-order valence-corrected chi connectivity index (χ1v) is 2.82. The van der Waals surface area contributed by atoms with Crippen molar-refractivity contribution in [2.45, 2.75) is 13.3 Å². The SMILES string of the molecule is CCNCCCN.N. The minimum Gasteiger partial charge on any atom is -0.344 e. The molecule has 0 saturated carbocycles. The van der Waals surface area contributed by atoms with Crippen molar-refractivity contribution in [3.8, 4) is 0 Å². The van der Waals surface area contributed by atoms with E-state index in [2.05, 4.69) is 12.2 Å². The van der Waals surface area contributed by atoms with Crippen LogP contribution in [0.1, 0.15) is 13.3 Å². The van der Waals surface area contributed by atoms with Gasteiger partial charge in [0.1, 0.15) is 0 Å². The average molecular weight is 119 g/mol. The summed E-state index contributed by atoms with van der Waals surface area (Å²) in [5.74, 6) is 0. The number of hydrogen-bond donors (Lipinski definition) is 3. The van der Waals surface area contributed by atoms with Crippen LogP contribution in [0, 0.1) is 0 Å². The summed E-state index contributed by atoms with van der Waals surface area (Å²) in [6.45, 7) is 5.01. The number of rotatable bonds is 4. The molecule has 0 rings (SSSR count). The molecular weight excluding hydrogens is 102 g/mol. The lowest BCUT2D eigenvalue weighted by molar-refractivity contribution is 0.679. The van der Waals surface area contributed by atoms with Crippen LogP contribution in [-0.2, 0) is 0 Å². The Labute approximate surface area is 51.2 Å². The van der Waals surface area contributed by atoms with Crippen LogP contribution in [0.25, 0.3) is 0 Å². The van der Waals surface area contributed by atoms with Gasteiger partial charge in [-0.1, -0.05) is 6.92 Å². The Bertz CT molecular complexity index is 26.9. The molecule has 0 amide bonds. The molecule has 0 aliphatic rings. The summed E-state index contributed by atoms with van der Waals surface area (Å²) < 4.78 is 0.